The number of hydrogen-bond acceptors (Lipinski definition) is 5. The highest BCUT2D eigenvalue weighted by Crippen LogP contribution is 2.37. The maximum absolute atomic E-state index is 12.9. The summed E-state index contributed by atoms with van der Waals surface area (Å²) in [5.74, 6) is -0.820. The van der Waals surface area contributed by atoms with Crippen LogP contribution in [0.2, 0.25) is 0 Å². The number of urea groups is 1. The zero-order valence-corrected chi connectivity index (χ0v) is 16.1. The second-order valence-corrected chi connectivity index (χ2v) is 7.99. The molecule has 4 amide bonds. The maximum Gasteiger partial charge on any atom is 0.325 e. The molecule has 1 saturated heterocycles. The van der Waals surface area contributed by atoms with Gasteiger partial charge in [-0.05, 0) is 44.4 Å². The zero-order valence-electron chi connectivity index (χ0n) is 16.1. The first-order valence-electron chi connectivity index (χ1n) is 9.91. The highest BCUT2D eigenvalue weighted by Gasteiger charge is 2.52. The van der Waals surface area contributed by atoms with Crippen molar-refractivity contribution in [3.63, 3.8) is 0 Å². The summed E-state index contributed by atoms with van der Waals surface area (Å²) in [5.41, 5.74) is -0.842. The average Bonchev–Trinajstić information content (AvgIpc) is 3.20. The van der Waals surface area contributed by atoms with Crippen LogP contribution in [0.5, 0.6) is 0 Å². The number of carbonyl (C=O) groups is 4. The van der Waals surface area contributed by atoms with E-state index in [1.807, 2.05) is 0 Å². The molecule has 1 heterocycles. The Balaban J connectivity index is 1.59. The van der Waals surface area contributed by atoms with Gasteiger partial charge in [0.1, 0.15) is 12.1 Å². The topological polar surface area (TPSA) is 105 Å². The van der Waals surface area contributed by atoms with E-state index in [0.717, 1.165) is 30.6 Å². The number of methoxy groups -OCH3 is 1. The minimum Gasteiger partial charge on any atom is -0.469 e. The van der Waals surface area contributed by atoms with Gasteiger partial charge in [0.25, 0.3) is 5.91 Å². The Morgan fingerprint density at radius 1 is 1.22 bits per heavy atom. The Labute approximate surface area is 159 Å². The number of imide groups is 1. The molecular weight excluding hydrogens is 350 g/mol. The molecule has 2 atom stereocenters. The van der Waals surface area contributed by atoms with Crippen LogP contribution in [0.25, 0.3) is 0 Å². The fourth-order valence-electron chi connectivity index (χ4n) is 4.70. The van der Waals surface area contributed by atoms with Gasteiger partial charge >= 0.3 is 12.0 Å². The van der Waals surface area contributed by atoms with Gasteiger partial charge in [-0.3, -0.25) is 19.3 Å². The van der Waals surface area contributed by atoms with Crippen molar-refractivity contribution in [3.8, 4) is 0 Å². The molecule has 8 nitrogen and oxygen atoms in total. The Kier molecular flexibility index (Phi) is 5.72. The van der Waals surface area contributed by atoms with Crippen LogP contribution in [0.15, 0.2) is 0 Å². The predicted octanol–water partition coefficient (Wildman–Crippen LogP) is 1.34. The van der Waals surface area contributed by atoms with Gasteiger partial charge in [-0.2, -0.15) is 0 Å². The van der Waals surface area contributed by atoms with Gasteiger partial charge < -0.3 is 15.4 Å². The number of rotatable bonds is 5. The average molecular weight is 379 g/mol. The molecule has 0 aromatic rings. The van der Waals surface area contributed by atoms with Crippen LogP contribution in [0.1, 0.15) is 58.3 Å². The minimum atomic E-state index is -0.842. The lowest BCUT2D eigenvalue weighted by molar-refractivity contribution is -0.146. The molecule has 2 saturated carbocycles. The molecule has 150 valence electrons. The second kappa shape index (κ2) is 7.86. The molecule has 27 heavy (non-hydrogen) atoms. The molecule has 3 aliphatic rings. The summed E-state index contributed by atoms with van der Waals surface area (Å²) in [4.78, 5) is 50.5. The third-order valence-corrected chi connectivity index (χ3v) is 6.45. The van der Waals surface area contributed by atoms with Crippen LogP contribution in [0.4, 0.5) is 4.79 Å². The standard InChI is InChI=1S/C19H29N3O5/c1-3-12-7-9-19(10-8-12)17(25)22(18(26)21-19)11-15(23)20-14-6-4-5-13(14)16(24)27-2/h12-14H,3-11H2,1-2H3,(H,20,23)(H,21,26)/t12?,13-,14-,19?/m1/s1. The number of esters is 1. The Bertz CT molecular complexity index is 627. The molecule has 3 rings (SSSR count). The van der Waals surface area contributed by atoms with E-state index < -0.39 is 17.5 Å². The summed E-state index contributed by atoms with van der Waals surface area (Å²) in [5, 5.41) is 5.64. The molecule has 1 aliphatic heterocycles. The summed E-state index contributed by atoms with van der Waals surface area (Å²) < 4.78 is 4.79. The summed E-state index contributed by atoms with van der Waals surface area (Å²) in [6.07, 6.45) is 6.33. The van der Waals surface area contributed by atoms with E-state index in [9.17, 15) is 19.2 Å². The molecule has 1 spiro atoms. The zero-order chi connectivity index (χ0) is 19.6. The molecule has 8 heteroatoms. The third-order valence-electron chi connectivity index (χ3n) is 6.45. The number of amides is 4. The van der Waals surface area contributed by atoms with Gasteiger partial charge in [-0.25, -0.2) is 4.79 Å². The van der Waals surface area contributed by atoms with Gasteiger partial charge in [-0.1, -0.05) is 19.8 Å². The van der Waals surface area contributed by atoms with E-state index in [0.29, 0.717) is 31.6 Å². The summed E-state index contributed by atoms with van der Waals surface area (Å²) >= 11 is 0. The van der Waals surface area contributed by atoms with Crippen molar-refractivity contribution in [2.45, 2.75) is 69.9 Å². The number of ether oxygens (including phenoxy) is 1. The lowest BCUT2D eigenvalue weighted by atomic mass is 9.75. The first kappa shape index (κ1) is 19.6. The van der Waals surface area contributed by atoms with E-state index in [1.54, 1.807) is 0 Å². The minimum absolute atomic E-state index is 0.298. The van der Waals surface area contributed by atoms with Gasteiger partial charge in [0.15, 0.2) is 0 Å². The molecule has 0 aromatic heterocycles. The van der Waals surface area contributed by atoms with E-state index in [2.05, 4.69) is 17.6 Å². The van der Waals surface area contributed by atoms with Crippen LogP contribution in [-0.2, 0) is 19.1 Å². The Morgan fingerprint density at radius 3 is 2.56 bits per heavy atom. The Hall–Kier alpha value is -2.12. The summed E-state index contributed by atoms with van der Waals surface area (Å²) in [7, 11) is 1.33. The van der Waals surface area contributed by atoms with Crippen molar-refractivity contribution < 1.29 is 23.9 Å². The summed E-state index contributed by atoms with van der Waals surface area (Å²) in [6, 6.07) is -0.805. The van der Waals surface area contributed by atoms with Gasteiger partial charge in [0.05, 0.1) is 13.0 Å². The molecule has 0 bridgehead atoms. The maximum atomic E-state index is 12.9. The smallest absolute Gasteiger partial charge is 0.325 e. The number of carbonyl (C=O) groups excluding carboxylic acids is 4. The van der Waals surface area contributed by atoms with Crippen molar-refractivity contribution >= 4 is 23.8 Å². The highest BCUT2D eigenvalue weighted by atomic mass is 16.5. The van der Waals surface area contributed by atoms with Crippen LogP contribution < -0.4 is 10.6 Å². The molecule has 2 aliphatic carbocycles. The van der Waals surface area contributed by atoms with Gasteiger partial charge in [-0.15, -0.1) is 0 Å². The van der Waals surface area contributed by atoms with Crippen LogP contribution in [0.3, 0.4) is 0 Å². The highest BCUT2D eigenvalue weighted by molar-refractivity contribution is 6.09. The largest absolute Gasteiger partial charge is 0.469 e. The lowest BCUT2D eigenvalue weighted by Crippen LogP contribution is -2.50. The first-order chi connectivity index (χ1) is 12.9. The Morgan fingerprint density at radius 2 is 1.93 bits per heavy atom. The van der Waals surface area contributed by atoms with Crippen molar-refractivity contribution in [2.24, 2.45) is 11.8 Å². The fraction of sp³-hybridized carbons (Fsp3) is 0.789. The van der Waals surface area contributed by atoms with Gasteiger partial charge in [0.2, 0.25) is 5.91 Å². The predicted molar refractivity (Wildman–Crippen MR) is 96.5 cm³/mol. The van der Waals surface area contributed by atoms with Crippen LogP contribution in [-0.4, -0.2) is 54.0 Å². The molecule has 0 unspecified atom stereocenters. The molecule has 0 radical (unpaired) electrons. The quantitative estimate of drug-likeness (QED) is 0.554. The van der Waals surface area contributed by atoms with Gasteiger partial charge in [0, 0.05) is 6.04 Å². The normalized spacial score (nSPS) is 33.3. The van der Waals surface area contributed by atoms with Crippen molar-refractivity contribution in [1.82, 2.24) is 15.5 Å². The number of nitrogens with one attached hydrogen (secondary N) is 2. The van der Waals surface area contributed by atoms with E-state index in [-0.39, 0.29) is 30.4 Å². The monoisotopic (exact) mass is 379 g/mol. The number of nitrogens with zero attached hydrogens (tertiary/aromatic N) is 1. The molecule has 3 fully saturated rings. The van der Waals surface area contributed by atoms with E-state index in [4.69, 9.17) is 4.74 Å². The van der Waals surface area contributed by atoms with Crippen molar-refractivity contribution in [3.05, 3.63) is 0 Å². The number of hydrogen-bond donors (Lipinski definition) is 2. The van der Waals surface area contributed by atoms with Crippen LogP contribution in [0, 0.1) is 11.8 Å². The molecule has 2 N–H and O–H groups in total. The first-order valence-corrected chi connectivity index (χ1v) is 9.91. The van der Waals surface area contributed by atoms with E-state index in [1.165, 1.54) is 7.11 Å². The SMILES string of the molecule is CCC1CCC2(CC1)NC(=O)N(CC(=O)N[C@@H]1CCC[C@H]1C(=O)OC)C2=O. The van der Waals surface area contributed by atoms with Crippen LogP contribution >= 0.6 is 0 Å². The summed E-state index contributed by atoms with van der Waals surface area (Å²) in [6.45, 7) is 1.83. The lowest BCUT2D eigenvalue weighted by Gasteiger charge is -2.34. The van der Waals surface area contributed by atoms with E-state index >= 15 is 0 Å². The van der Waals surface area contributed by atoms with Crippen molar-refractivity contribution in [2.75, 3.05) is 13.7 Å². The molecule has 0 aromatic carbocycles. The van der Waals surface area contributed by atoms with Crippen molar-refractivity contribution in [1.29, 1.82) is 0 Å². The third kappa shape index (κ3) is 3.80. The second-order valence-electron chi connectivity index (χ2n) is 7.99. The molecular formula is C19H29N3O5. The fourth-order valence-corrected chi connectivity index (χ4v) is 4.70.